The lowest BCUT2D eigenvalue weighted by Crippen LogP contribution is -2.42. The average Bonchev–Trinajstić information content (AvgIpc) is 3.39. The van der Waals surface area contributed by atoms with Gasteiger partial charge in [-0.2, -0.15) is 5.26 Å². The number of methoxy groups -OCH3 is 4. The Kier molecular flexibility index (Phi) is 26.2. The number of likely N-dealkylation sites (N-methyl/N-ethyl adjacent to an activating group) is 2. The number of halogens is 1. The number of nitriles is 1. The molecule has 0 radical (unpaired) electrons. The second kappa shape index (κ2) is 31.6. The zero-order valence-electron chi connectivity index (χ0n) is 44.7. The van der Waals surface area contributed by atoms with Gasteiger partial charge in [0.2, 0.25) is 0 Å². The van der Waals surface area contributed by atoms with Gasteiger partial charge in [0.25, 0.3) is 0 Å². The zero-order valence-corrected chi connectivity index (χ0v) is 45.4. The van der Waals surface area contributed by atoms with Crippen LogP contribution < -0.4 is 23.7 Å². The summed E-state index contributed by atoms with van der Waals surface area (Å²) >= 11 is 6.21. The SMILES string of the molecule is CN(C)CCOc1ccc(/C(=C(/CCCl)c2ccccc2)c2ccccc2)cc1.COc1ccc(CCN(C)CCCC(C#N)(c2ccc(OC)c(OC)c2)C(C)C)cc1OC.O=C(O)CC(O)(CC(=O)O)C(=O)O. The van der Waals surface area contributed by atoms with Crippen molar-refractivity contribution in [1.29, 1.82) is 5.26 Å². The number of carbonyl (C=O) groups is 3. The standard InChI is InChI=1S/C27H38N2O4.C26H28ClNO.C6H8O7/c1-20(2)27(19-28,22-10-12-24(31-5)26(18-22)33-7)14-8-15-29(3)16-13-21-9-11-23(30-4)25(17-21)32-6;1-28(2)19-20-29-24-15-13-23(14-16-24)26(22-11-7-4-8-12-22)25(17-18-27)21-9-5-3-6-10-21;7-3(8)1-6(13,5(11)12)2-4(9)10/h9-12,17-18,20H,8,13-16H2,1-7H3;3-16H,17-20H2,1-2H3;13H,1-2H2,(H,7,8)(H,9,10)(H,11,12)/b;26-25-;. The molecule has 4 N–H and O–H groups in total. The molecule has 0 aliphatic carbocycles. The Bertz CT molecular complexity index is 2600. The Hall–Kier alpha value is -7.09. The van der Waals surface area contributed by atoms with E-state index in [4.69, 9.17) is 55.7 Å². The van der Waals surface area contributed by atoms with E-state index in [-0.39, 0.29) is 5.92 Å². The van der Waals surface area contributed by atoms with E-state index in [0.717, 1.165) is 68.1 Å². The molecule has 0 aliphatic heterocycles. The number of aliphatic carboxylic acids is 3. The van der Waals surface area contributed by atoms with E-state index in [1.165, 1.54) is 33.4 Å². The lowest BCUT2D eigenvalue weighted by atomic mass is 9.69. The van der Waals surface area contributed by atoms with Gasteiger partial charge in [-0.1, -0.05) is 98.8 Å². The highest BCUT2D eigenvalue weighted by molar-refractivity contribution is 6.18. The molecule has 0 aromatic heterocycles. The molecule has 16 heteroatoms. The molecule has 0 saturated heterocycles. The third-order valence-corrected chi connectivity index (χ3v) is 12.7. The Labute approximate surface area is 447 Å². The Balaban J connectivity index is 0.000000323. The molecular weight excluding hydrogens is 978 g/mol. The first kappa shape index (κ1) is 62.2. The van der Waals surface area contributed by atoms with Crippen LogP contribution in [-0.4, -0.2) is 135 Å². The molecule has 0 spiro atoms. The molecule has 15 nitrogen and oxygen atoms in total. The molecule has 0 bridgehead atoms. The fourth-order valence-electron chi connectivity index (χ4n) is 8.27. The Morgan fingerprint density at radius 1 is 0.667 bits per heavy atom. The normalized spacial score (nSPS) is 12.2. The van der Waals surface area contributed by atoms with Crippen LogP contribution in [0.3, 0.4) is 0 Å². The molecule has 0 fully saturated rings. The van der Waals surface area contributed by atoms with Crippen LogP contribution in [0.15, 0.2) is 121 Å². The third kappa shape index (κ3) is 19.3. The van der Waals surface area contributed by atoms with Gasteiger partial charge in [-0.25, -0.2) is 4.79 Å². The van der Waals surface area contributed by atoms with Gasteiger partial charge >= 0.3 is 17.9 Å². The van der Waals surface area contributed by atoms with Crippen LogP contribution in [-0.2, 0) is 26.2 Å². The quantitative estimate of drug-likeness (QED) is 0.0285. The van der Waals surface area contributed by atoms with Gasteiger partial charge in [-0.05, 0) is 135 Å². The first-order valence-electron chi connectivity index (χ1n) is 24.5. The smallest absolute Gasteiger partial charge is 0.336 e. The number of carboxylic acids is 3. The first-order chi connectivity index (χ1) is 35.8. The predicted molar refractivity (Wildman–Crippen MR) is 293 cm³/mol. The van der Waals surface area contributed by atoms with Gasteiger partial charge in [-0.3, -0.25) is 9.59 Å². The van der Waals surface area contributed by atoms with Crippen molar-refractivity contribution in [2.24, 2.45) is 5.92 Å². The topological polar surface area (TPSA) is 209 Å². The summed E-state index contributed by atoms with van der Waals surface area (Å²) in [6, 6.07) is 43.9. The maximum Gasteiger partial charge on any atom is 0.336 e. The van der Waals surface area contributed by atoms with Crippen LogP contribution in [0.25, 0.3) is 11.1 Å². The predicted octanol–water partition coefficient (Wildman–Crippen LogP) is 10.1. The van der Waals surface area contributed by atoms with Gasteiger partial charge in [0.15, 0.2) is 28.6 Å². The minimum Gasteiger partial charge on any atom is -0.493 e. The minimum atomic E-state index is -2.74. The number of alkyl halides is 1. The van der Waals surface area contributed by atoms with Gasteiger partial charge < -0.3 is 53.9 Å². The monoisotopic (exact) mass is 1050 g/mol. The van der Waals surface area contributed by atoms with Gasteiger partial charge in [0, 0.05) is 19.0 Å². The highest BCUT2D eigenvalue weighted by atomic mass is 35.5. The maximum atomic E-state index is 10.3. The molecular formula is C59H74ClN3O12. The van der Waals surface area contributed by atoms with Crippen LogP contribution in [0.1, 0.15) is 73.8 Å². The second-order valence-electron chi connectivity index (χ2n) is 18.3. The van der Waals surface area contributed by atoms with Crippen LogP contribution in [0.2, 0.25) is 0 Å². The summed E-state index contributed by atoms with van der Waals surface area (Å²) in [6.45, 7) is 7.63. The molecule has 0 saturated carbocycles. The van der Waals surface area contributed by atoms with Gasteiger partial charge in [0.05, 0.1) is 52.8 Å². The lowest BCUT2D eigenvalue weighted by molar-refractivity contribution is -0.170. The molecule has 404 valence electrons. The second-order valence-corrected chi connectivity index (χ2v) is 18.7. The van der Waals surface area contributed by atoms with Gasteiger partial charge in [0.1, 0.15) is 12.4 Å². The summed E-state index contributed by atoms with van der Waals surface area (Å²) in [5.74, 6) is -0.565. The molecule has 5 rings (SSSR count). The molecule has 1 unspecified atom stereocenters. The number of allylic oxidation sites excluding steroid dienone is 1. The number of hydrogen-bond acceptors (Lipinski definition) is 12. The zero-order chi connectivity index (χ0) is 55.6. The van der Waals surface area contributed by atoms with E-state index < -0.39 is 41.8 Å². The van der Waals surface area contributed by atoms with Gasteiger partial charge in [-0.15, -0.1) is 11.6 Å². The summed E-state index contributed by atoms with van der Waals surface area (Å²) in [5.41, 5.74) is 4.91. The molecule has 0 aliphatic rings. The van der Waals surface area contributed by atoms with Crippen molar-refractivity contribution < 1.29 is 58.5 Å². The van der Waals surface area contributed by atoms with Crippen molar-refractivity contribution in [3.8, 4) is 34.8 Å². The first-order valence-corrected chi connectivity index (χ1v) is 25.1. The van der Waals surface area contributed by atoms with Crippen molar-refractivity contribution in [2.45, 2.75) is 63.4 Å². The van der Waals surface area contributed by atoms with Crippen LogP contribution in [0.5, 0.6) is 28.7 Å². The van der Waals surface area contributed by atoms with E-state index in [2.05, 4.69) is 116 Å². The molecule has 0 amide bonds. The van der Waals surface area contributed by atoms with Crippen LogP contribution >= 0.6 is 11.6 Å². The molecule has 75 heavy (non-hydrogen) atoms. The minimum absolute atomic E-state index is 0.165. The molecule has 0 heterocycles. The maximum absolute atomic E-state index is 10.3. The fraction of sp³-hybridized carbons (Fsp3) is 0.390. The number of rotatable bonds is 27. The van der Waals surface area contributed by atoms with E-state index in [9.17, 15) is 19.6 Å². The molecule has 5 aromatic rings. The lowest BCUT2D eigenvalue weighted by Gasteiger charge is -2.32. The van der Waals surface area contributed by atoms with E-state index >= 15 is 0 Å². The van der Waals surface area contributed by atoms with Crippen LogP contribution in [0, 0.1) is 17.2 Å². The van der Waals surface area contributed by atoms with E-state index in [1.807, 2.05) is 56.6 Å². The highest BCUT2D eigenvalue weighted by Crippen LogP contribution is 2.41. The van der Waals surface area contributed by atoms with E-state index in [1.54, 1.807) is 28.4 Å². The average molecular weight is 1050 g/mol. The third-order valence-electron chi connectivity index (χ3n) is 12.5. The van der Waals surface area contributed by atoms with Crippen molar-refractivity contribution in [3.63, 3.8) is 0 Å². The summed E-state index contributed by atoms with van der Waals surface area (Å²) in [7, 11) is 12.8. The summed E-state index contributed by atoms with van der Waals surface area (Å²) in [4.78, 5) is 34.9. The molecule has 5 aromatic carbocycles. The fourth-order valence-corrected chi connectivity index (χ4v) is 8.46. The number of hydrogen-bond donors (Lipinski definition) is 4. The number of aliphatic hydroxyl groups is 1. The summed E-state index contributed by atoms with van der Waals surface area (Å²) < 4.78 is 27.5. The summed E-state index contributed by atoms with van der Waals surface area (Å²) in [5, 5.41) is 44.1. The van der Waals surface area contributed by atoms with Crippen LogP contribution in [0.4, 0.5) is 0 Å². The largest absolute Gasteiger partial charge is 0.493 e. The van der Waals surface area contributed by atoms with Crippen molar-refractivity contribution >= 4 is 40.7 Å². The Morgan fingerprint density at radius 2 is 1.19 bits per heavy atom. The number of nitrogens with zero attached hydrogens (tertiary/aromatic N) is 3. The summed E-state index contributed by atoms with van der Waals surface area (Å²) in [6.07, 6.45) is 1.13. The molecule has 1 atom stereocenters. The number of ether oxygens (including phenoxy) is 5. The number of benzene rings is 5. The Morgan fingerprint density at radius 3 is 1.67 bits per heavy atom. The number of carboxylic acid groups (broad SMARTS) is 3. The van der Waals surface area contributed by atoms with Crippen molar-refractivity contribution in [2.75, 3.05) is 81.7 Å². The highest BCUT2D eigenvalue weighted by Gasteiger charge is 2.41. The van der Waals surface area contributed by atoms with Crippen molar-refractivity contribution in [3.05, 3.63) is 149 Å². The van der Waals surface area contributed by atoms with Crippen molar-refractivity contribution in [1.82, 2.24) is 9.80 Å². The van der Waals surface area contributed by atoms with E-state index in [0.29, 0.717) is 24.0 Å².